The zero-order valence-corrected chi connectivity index (χ0v) is 13.1. The number of hydrogen-bond acceptors (Lipinski definition) is 2. The molecule has 0 radical (unpaired) electrons. The molecule has 1 amide bonds. The maximum atomic E-state index is 12.5. The van der Waals surface area contributed by atoms with Crippen LogP contribution in [0, 0.1) is 0 Å². The normalized spacial score (nSPS) is 18.5. The highest BCUT2D eigenvalue weighted by Gasteiger charge is 2.26. The van der Waals surface area contributed by atoms with Crippen LogP contribution in [0.2, 0.25) is 0 Å². The Labute approximate surface area is 132 Å². The van der Waals surface area contributed by atoms with E-state index in [1.165, 1.54) is 0 Å². The zero-order chi connectivity index (χ0) is 14.7. The van der Waals surface area contributed by atoms with Gasteiger partial charge in [-0.3, -0.25) is 4.79 Å². The largest absolute Gasteiger partial charge is 0.370 e. The summed E-state index contributed by atoms with van der Waals surface area (Å²) in [6.45, 7) is 1.79. The van der Waals surface area contributed by atoms with Crippen LogP contribution in [0.4, 0.5) is 0 Å². The van der Waals surface area contributed by atoms with Gasteiger partial charge in [0, 0.05) is 16.6 Å². The van der Waals surface area contributed by atoms with Crippen molar-refractivity contribution in [2.45, 2.75) is 6.10 Å². The maximum Gasteiger partial charge on any atom is 0.254 e. The zero-order valence-electron chi connectivity index (χ0n) is 11.5. The van der Waals surface area contributed by atoms with E-state index >= 15 is 0 Å². The summed E-state index contributed by atoms with van der Waals surface area (Å²) in [6, 6.07) is 17.4. The van der Waals surface area contributed by atoms with Gasteiger partial charge in [-0.2, -0.15) is 0 Å². The second-order valence-corrected chi connectivity index (χ2v) is 5.95. The minimum absolute atomic E-state index is 0.0658. The summed E-state index contributed by atoms with van der Waals surface area (Å²) in [5.41, 5.74) is 1.82. The molecule has 108 valence electrons. The lowest BCUT2D eigenvalue weighted by Gasteiger charge is -2.33. The first-order valence-electron chi connectivity index (χ1n) is 6.95. The van der Waals surface area contributed by atoms with Gasteiger partial charge in [0.2, 0.25) is 0 Å². The van der Waals surface area contributed by atoms with Crippen LogP contribution in [-0.2, 0) is 4.74 Å². The fraction of sp³-hybridized carbons (Fsp3) is 0.235. The third kappa shape index (κ3) is 3.34. The van der Waals surface area contributed by atoms with Crippen molar-refractivity contribution in [3.63, 3.8) is 0 Å². The lowest BCUT2D eigenvalue weighted by atomic mass is 10.1. The van der Waals surface area contributed by atoms with E-state index in [-0.39, 0.29) is 12.0 Å². The van der Waals surface area contributed by atoms with Crippen LogP contribution in [0.5, 0.6) is 0 Å². The summed E-state index contributed by atoms with van der Waals surface area (Å²) >= 11 is 3.47. The molecular weight excluding hydrogens is 330 g/mol. The average Bonchev–Trinajstić information content (AvgIpc) is 2.55. The van der Waals surface area contributed by atoms with E-state index in [9.17, 15) is 4.79 Å². The molecule has 0 aliphatic carbocycles. The van der Waals surface area contributed by atoms with E-state index in [0.717, 1.165) is 15.6 Å². The van der Waals surface area contributed by atoms with Crippen LogP contribution in [0.15, 0.2) is 59.1 Å². The lowest BCUT2D eigenvalue weighted by Crippen LogP contribution is -2.42. The number of carbonyl (C=O) groups is 1. The first-order chi connectivity index (χ1) is 10.2. The highest BCUT2D eigenvalue weighted by atomic mass is 79.9. The van der Waals surface area contributed by atoms with Crippen LogP contribution >= 0.6 is 15.9 Å². The minimum Gasteiger partial charge on any atom is -0.370 e. The number of morpholine rings is 1. The molecule has 2 aromatic rings. The van der Waals surface area contributed by atoms with Gasteiger partial charge in [-0.15, -0.1) is 0 Å². The number of ether oxygens (including phenoxy) is 1. The minimum atomic E-state index is -0.0658. The molecular formula is C17H16BrNO2. The van der Waals surface area contributed by atoms with Gasteiger partial charge in [0.1, 0.15) is 6.10 Å². The number of halogens is 1. The summed E-state index contributed by atoms with van der Waals surface area (Å²) in [7, 11) is 0. The van der Waals surface area contributed by atoms with Gasteiger partial charge in [0.25, 0.3) is 5.91 Å². The molecule has 1 heterocycles. The number of amides is 1. The van der Waals surface area contributed by atoms with Crippen LogP contribution in [0.25, 0.3) is 0 Å². The van der Waals surface area contributed by atoms with Gasteiger partial charge in [0.05, 0.1) is 13.2 Å². The van der Waals surface area contributed by atoms with Gasteiger partial charge in [0.15, 0.2) is 0 Å². The van der Waals surface area contributed by atoms with Gasteiger partial charge in [-0.05, 0) is 29.8 Å². The Bertz CT molecular complexity index is 630. The maximum absolute atomic E-state index is 12.5. The predicted molar refractivity (Wildman–Crippen MR) is 85.2 cm³/mol. The van der Waals surface area contributed by atoms with Crippen molar-refractivity contribution in [1.82, 2.24) is 4.90 Å². The van der Waals surface area contributed by atoms with Gasteiger partial charge >= 0.3 is 0 Å². The summed E-state index contributed by atoms with van der Waals surface area (Å²) in [4.78, 5) is 14.4. The van der Waals surface area contributed by atoms with Crippen molar-refractivity contribution < 1.29 is 9.53 Å². The smallest absolute Gasteiger partial charge is 0.254 e. The highest BCUT2D eigenvalue weighted by Crippen LogP contribution is 2.25. The molecule has 2 aromatic carbocycles. The van der Waals surface area contributed by atoms with E-state index in [4.69, 9.17) is 4.74 Å². The van der Waals surface area contributed by atoms with Crippen LogP contribution in [0.3, 0.4) is 0 Å². The second-order valence-electron chi connectivity index (χ2n) is 5.03. The fourth-order valence-electron chi connectivity index (χ4n) is 2.51. The summed E-state index contributed by atoms with van der Waals surface area (Å²) in [6.07, 6.45) is -0.0658. The standard InChI is InChI=1S/C17H16BrNO2/c18-15-8-4-7-14(11-15)16-12-19(9-10-21-16)17(20)13-5-2-1-3-6-13/h1-8,11,16H,9-10,12H2. The van der Waals surface area contributed by atoms with E-state index in [1.807, 2.05) is 59.5 Å². The van der Waals surface area contributed by atoms with E-state index in [0.29, 0.717) is 19.7 Å². The average molecular weight is 346 g/mol. The van der Waals surface area contributed by atoms with Crippen molar-refractivity contribution in [1.29, 1.82) is 0 Å². The summed E-state index contributed by atoms with van der Waals surface area (Å²) in [5, 5.41) is 0. The second kappa shape index (κ2) is 6.41. The van der Waals surface area contributed by atoms with Gasteiger partial charge < -0.3 is 9.64 Å². The number of rotatable bonds is 2. The van der Waals surface area contributed by atoms with Crippen molar-refractivity contribution in [2.24, 2.45) is 0 Å². The number of nitrogens with zero attached hydrogens (tertiary/aromatic N) is 1. The first kappa shape index (κ1) is 14.3. The Morgan fingerprint density at radius 1 is 1.14 bits per heavy atom. The predicted octanol–water partition coefficient (Wildman–Crippen LogP) is 3.66. The number of benzene rings is 2. The lowest BCUT2D eigenvalue weighted by molar-refractivity contribution is -0.0228. The van der Waals surface area contributed by atoms with Crippen molar-refractivity contribution in [2.75, 3.05) is 19.7 Å². The van der Waals surface area contributed by atoms with E-state index in [2.05, 4.69) is 15.9 Å². The third-order valence-corrected chi connectivity index (χ3v) is 4.09. The molecule has 0 bridgehead atoms. The van der Waals surface area contributed by atoms with Gasteiger partial charge in [-0.1, -0.05) is 46.3 Å². The Morgan fingerprint density at radius 2 is 1.95 bits per heavy atom. The molecule has 4 heteroatoms. The molecule has 0 spiro atoms. The Hall–Kier alpha value is -1.65. The first-order valence-corrected chi connectivity index (χ1v) is 7.75. The molecule has 1 unspecified atom stereocenters. The molecule has 0 saturated carbocycles. The number of hydrogen-bond donors (Lipinski definition) is 0. The fourth-order valence-corrected chi connectivity index (χ4v) is 2.92. The molecule has 1 aliphatic rings. The molecule has 0 N–H and O–H groups in total. The Balaban J connectivity index is 1.75. The summed E-state index contributed by atoms with van der Waals surface area (Å²) in [5.74, 6) is 0.0684. The van der Waals surface area contributed by atoms with Crippen LogP contribution in [0.1, 0.15) is 22.0 Å². The molecule has 1 atom stereocenters. The van der Waals surface area contributed by atoms with Gasteiger partial charge in [-0.25, -0.2) is 0 Å². The van der Waals surface area contributed by atoms with E-state index in [1.54, 1.807) is 0 Å². The molecule has 1 saturated heterocycles. The highest BCUT2D eigenvalue weighted by molar-refractivity contribution is 9.10. The summed E-state index contributed by atoms with van der Waals surface area (Å²) < 4.78 is 6.84. The third-order valence-electron chi connectivity index (χ3n) is 3.59. The molecule has 21 heavy (non-hydrogen) atoms. The monoisotopic (exact) mass is 345 g/mol. The van der Waals surface area contributed by atoms with Crippen molar-refractivity contribution >= 4 is 21.8 Å². The number of carbonyl (C=O) groups excluding carboxylic acids is 1. The Morgan fingerprint density at radius 3 is 2.71 bits per heavy atom. The SMILES string of the molecule is O=C(c1ccccc1)N1CCOC(c2cccc(Br)c2)C1. The van der Waals surface area contributed by atoms with Crippen LogP contribution < -0.4 is 0 Å². The van der Waals surface area contributed by atoms with Crippen LogP contribution in [-0.4, -0.2) is 30.5 Å². The Kier molecular flexibility index (Phi) is 4.36. The molecule has 3 nitrogen and oxygen atoms in total. The molecule has 1 fully saturated rings. The van der Waals surface area contributed by atoms with Crippen molar-refractivity contribution in [3.8, 4) is 0 Å². The van der Waals surface area contributed by atoms with Crippen molar-refractivity contribution in [3.05, 3.63) is 70.2 Å². The molecule has 3 rings (SSSR count). The quantitative estimate of drug-likeness (QED) is 0.831. The topological polar surface area (TPSA) is 29.5 Å². The van der Waals surface area contributed by atoms with E-state index < -0.39 is 0 Å². The molecule has 0 aromatic heterocycles. The molecule has 1 aliphatic heterocycles.